The molecule has 0 atom stereocenters. The Morgan fingerprint density at radius 2 is 2.09 bits per heavy atom. The number of hydrogen-bond acceptors (Lipinski definition) is 3. The molecule has 0 saturated carbocycles. The zero-order valence-electron chi connectivity index (χ0n) is 13.1. The molecule has 1 aromatic carbocycles. The molecular weight excluding hydrogens is 304 g/mol. The molecule has 1 aliphatic heterocycles. The first kappa shape index (κ1) is 16.5. The molecule has 0 radical (unpaired) electrons. The Bertz CT molecular complexity index is 641. The molecule has 22 heavy (non-hydrogen) atoms. The first-order valence-corrected chi connectivity index (χ1v) is 7.36. The smallest absolute Gasteiger partial charge is 0.410 e. The summed E-state index contributed by atoms with van der Waals surface area (Å²) < 4.78 is 5.32. The summed E-state index contributed by atoms with van der Waals surface area (Å²) in [6.07, 6.45) is -0.417. The van der Waals surface area contributed by atoms with Gasteiger partial charge < -0.3 is 9.64 Å². The third-order valence-corrected chi connectivity index (χ3v) is 3.99. The van der Waals surface area contributed by atoms with Crippen LogP contribution < -0.4 is 0 Å². The molecule has 0 unspecified atom stereocenters. The number of rotatable bonds is 2. The Hall–Kier alpha value is -1.91. The number of halogens is 1. The molecule has 1 fully saturated rings. The zero-order chi connectivity index (χ0) is 16.5. The molecule has 0 N–H and O–H groups in total. The van der Waals surface area contributed by atoms with Gasteiger partial charge in [-0.2, -0.15) is 0 Å². The summed E-state index contributed by atoms with van der Waals surface area (Å²) in [6.45, 7) is 7.83. The highest BCUT2D eigenvalue weighted by atomic mass is 35.5. The van der Waals surface area contributed by atoms with Crippen molar-refractivity contribution < 1.29 is 9.53 Å². The lowest BCUT2D eigenvalue weighted by Crippen LogP contribution is -2.61. The summed E-state index contributed by atoms with van der Waals surface area (Å²) in [7, 11) is 0. The van der Waals surface area contributed by atoms with E-state index in [1.807, 2.05) is 45.9 Å². The van der Waals surface area contributed by atoms with Crippen molar-refractivity contribution in [2.24, 2.45) is 5.11 Å². The van der Waals surface area contributed by atoms with E-state index in [0.717, 1.165) is 11.1 Å². The van der Waals surface area contributed by atoms with Crippen LogP contribution in [0.15, 0.2) is 23.3 Å². The van der Waals surface area contributed by atoms with Crippen molar-refractivity contribution in [1.29, 1.82) is 0 Å². The van der Waals surface area contributed by atoms with Gasteiger partial charge in [0.25, 0.3) is 0 Å². The van der Waals surface area contributed by atoms with Gasteiger partial charge in [-0.05, 0) is 44.4 Å². The predicted octanol–water partition coefficient (Wildman–Crippen LogP) is 4.40. The predicted molar refractivity (Wildman–Crippen MR) is 84.8 cm³/mol. The first-order valence-electron chi connectivity index (χ1n) is 6.98. The minimum absolute atomic E-state index is 0.259. The van der Waals surface area contributed by atoms with Crippen LogP contribution in [0.25, 0.3) is 10.4 Å². The minimum Gasteiger partial charge on any atom is -0.444 e. The molecule has 118 valence electrons. The number of amides is 1. The van der Waals surface area contributed by atoms with Crippen molar-refractivity contribution in [3.05, 3.63) is 44.8 Å². The number of aryl methyl sites for hydroxylation is 1. The maximum absolute atomic E-state index is 12.1. The van der Waals surface area contributed by atoms with Gasteiger partial charge in [0.1, 0.15) is 11.1 Å². The average molecular weight is 323 g/mol. The van der Waals surface area contributed by atoms with Crippen LogP contribution in [0.1, 0.15) is 31.9 Å². The highest BCUT2D eigenvalue weighted by Crippen LogP contribution is 2.41. The van der Waals surface area contributed by atoms with Crippen LogP contribution in [-0.4, -0.2) is 29.7 Å². The first-order chi connectivity index (χ1) is 10.2. The van der Waals surface area contributed by atoms with E-state index in [1.165, 1.54) is 4.90 Å². The monoisotopic (exact) mass is 322 g/mol. The average Bonchev–Trinajstić information content (AvgIpc) is 2.35. The van der Waals surface area contributed by atoms with Crippen LogP contribution in [0.3, 0.4) is 0 Å². The van der Waals surface area contributed by atoms with Crippen LogP contribution in [-0.2, 0) is 10.3 Å². The third-order valence-electron chi connectivity index (χ3n) is 3.49. The van der Waals surface area contributed by atoms with Crippen LogP contribution in [0.2, 0.25) is 5.02 Å². The molecule has 1 aromatic rings. The molecule has 7 heteroatoms. The molecule has 6 nitrogen and oxygen atoms in total. The highest BCUT2D eigenvalue weighted by Gasteiger charge is 2.48. The Morgan fingerprint density at radius 3 is 2.64 bits per heavy atom. The number of nitrogens with zero attached hydrogens (tertiary/aromatic N) is 4. The van der Waals surface area contributed by atoms with E-state index in [-0.39, 0.29) is 13.1 Å². The molecule has 1 saturated heterocycles. The number of hydrogen-bond donors (Lipinski definition) is 0. The molecule has 2 rings (SSSR count). The van der Waals surface area contributed by atoms with Gasteiger partial charge in [-0.25, -0.2) is 4.79 Å². The van der Waals surface area contributed by atoms with Gasteiger partial charge in [0.15, 0.2) is 0 Å². The molecule has 1 heterocycles. The normalized spacial score (nSPS) is 16.5. The van der Waals surface area contributed by atoms with Gasteiger partial charge in [0.05, 0.1) is 0 Å². The van der Waals surface area contributed by atoms with Gasteiger partial charge in [0, 0.05) is 23.0 Å². The number of likely N-dealkylation sites (tertiary alicyclic amines) is 1. The van der Waals surface area contributed by atoms with Crippen LogP contribution >= 0.6 is 11.6 Å². The standard InChI is InChI=1S/C15H19ClN4O2/c1-10-6-5-7-11(12(10)16)15(18-19-17)8-20(9-15)13(21)22-14(2,3)4/h5-7H,8-9H2,1-4H3. The van der Waals surface area contributed by atoms with Crippen LogP contribution in [0.4, 0.5) is 4.79 Å². The van der Waals surface area contributed by atoms with E-state index in [4.69, 9.17) is 21.9 Å². The summed E-state index contributed by atoms with van der Waals surface area (Å²) in [5, 5.41) is 4.48. The van der Waals surface area contributed by atoms with Crippen molar-refractivity contribution >= 4 is 17.7 Å². The van der Waals surface area contributed by atoms with Crippen molar-refractivity contribution in [2.75, 3.05) is 13.1 Å². The largest absolute Gasteiger partial charge is 0.444 e. The van der Waals surface area contributed by atoms with Gasteiger partial charge in [-0.15, -0.1) is 0 Å². The number of carbonyl (C=O) groups excluding carboxylic acids is 1. The highest BCUT2D eigenvalue weighted by molar-refractivity contribution is 6.32. The summed E-state index contributed by atoms with van der Waals surface area (Å²) in [6, 6.07) is 5.58. The van der Waals surface area contributed by atoms with Gasteiger partial charge in [-0.1, -0.05) is 34.9 Å². The van der Waals surface area contributed by atoms with Gasteiger partial charge in [-0.3, -0.25) is 0 Å². The number of azide groups is 1. The van der Waals surface area contributed by atoms with E-state index < -0.39 is 17.2 Å². The van der Waals surface area contributed by atoms with E-state index in [9.17, 15) is 4.79 Å². The molecule has 0 bridgehead atoms. The van der Waals surface area contributed by atoms with E-state index >= 15 is 0 Å². The molecule has 1 aliphatic rings. The van der Waals surface area contributed by atoms with Crippen molar-refractivity contribution in [1.82, 2.24) is 4.90 Å². The second kappa shape index (κ2) is 5.71. The molecular formula is C15H19ClN4O2. The Labute approximate surface area is 134 Å². The second-order valence-corrected chi connectivity index (χ2v) is 6.87. The number of benzene rings is 1. The van der Waals surface area contributed by atoms with Crippen molar-refractivity contribution in [2.45, 2.75) is 38.8 Å². The SMILES string of the molecule is Cc1cccc(C2(N=[N+]=[N-])CN(C(=O)OC(C)(C)C)C2)c1Cl. The molecule has 0 aromatic heterocycles. The lowest BCUT2D eigenvalue weighted by Gasteiger charge is -2.47. The zero-order valence-corrected chi connectivity index (χ0v) is 13.9. The quantitative estimate of drug-likeness (QED) is 0.459. The topological polar surface area (TPSA) is 78.3 Å². The maximum atomic E-state index is 12.1. The fourth-order valence-corrected chi connectivity index (χ4v) is 2.72. The van der Waals surface area contributed by atoms with Gasteiger partial charge >= 0.3 is 6.09 Å². The van der Waals surface area contributed by atoms with E-state index in [1.54, 1.807) is 0 Å². The molecule has 0 aliphatic carbocycles. The summed E-state index contributed by atoms with van der Waals surface area (Å²) >= 11 is 6.34. The minimum atomic E-state index is -0.825. The Morgan fingerprint density at radius 1 is 1.45 bits per heavy atom. The summed E-state index contributed by atoms with van der Waals surface area (Å²) in [5.74, 6) is 0. The Kier molecular flexibility index (Phi) is 4.27. The van der Waals surface area contributed by atoms with Gasteiger partial charge in [0.2, 0.25) is 0 Å². The fraction of sp³-hybridized carbons (Fsp3) is 0.533. The van der Waals surface area contributed by atoms with E-state index in [2.05, 4.69) is 10.0 Å². The van der Waals surface area contributed by atoms with Crippen molar-refractivity contribution in [3.63, 3.8) is 0 Å². The lowest BCUT2D eigenvalue weighted by molar-refractivity contribution is -0.00872. The molecule has 1 amide bonds. The fourth-order valence-electron chi connectivity index (χ4n) is 2.42. The molecule has 0 spiro atoms. The lowest BCUT2D eigenvalue weighted by atomic mass is 9.82. The maximum Gasteiger partial charge on any atom is 0.410 e. The number of ether oxygens (including phenoxy) is 1. The third kappa shape index (κ3) is 3.13. The summed E-state index contributed by atoms with van der Waals surface area (Å²) in [5.41, 5.74) is 9.14. The summed E-state index contributed by atoms with van der Waals surface area (Å²) in [4.78, 5) is 16.5. The van der Waals surface area contributed by atoms with E-state index in [0.29, 0.717) is 5.02 Å². The van der Waals surface area contributed by atoms with Crippen LogP contribution in [0, 0.1) is 6.92 Å². The van der Waals surface area contributed by atoms with Crippen molar-refractivity contribution in [3.8, 4) is 0 Å². The second-order valence-electron chi connectivity index (χ2n) is 6.49. The Balaban J connectivity index is 2.23. The van der Waals surface area contributed by atoms with Crippen LogP contribution in [0.5, 0.6) is 0 Å². The number of carbonyl (C=O) groups is 1.